The second kappa shape index (κ2) is 15.5. The molecule has 0 heterocycles. The summed E-state index contributed by atoms with van der Waals surface area (Å²) in [5.74, 6) is 2.08. The summed E-state index contributed by atoms with van der Waals surface area (Å²) in [6.45, 7) is 3.91. The van der Waals surface area contributed by atoms with Gasteiger partial charge in [0.25, 0.3) is 0 Å². The van der Waals surface area contributed by atoms with Crippen molar-refractivity contribution in [3.05, 3.63) is 103 Å². The summed E-state index contributed by atoms with van der Waals surface area (Å²) in [7, 11) is -2.91. The molecule has 34 heavy (non-hydrogen) atoms. The predicted molar refractivity (Wildman–Crippen MR) is 130 cm³/mol. The first kappa shape index (κ1) is 27.8. The van der Waals surface area contributed by atoms with Gasteiger partial charge in [-0.05, 0) is 56.3 Å². The lowest BCUT2D eigenvalue weighted by molar-refractivity contribution is -0.000154. The Hall–Kier alpha value is -2.41. The lowest BCUT2D eigenvalue weighted by Crippen LogP contribution is -3.00. The largest absolute Gasteiger partial charge is 1.00 e. The fourth-order valence-electron chi connectivity index (χ4n) is 2.64. The van der Waals surface area contributed by atoms with E-state index < -0.39 is 7.94 Å². The normalized spacial score (nSPS) is 10.6. The molecular formula is C26H30BrO6P. The van der Waals surface area contributed by atoms with Gasteiger partial charge in [0.2, 0.25) is 20.4 Å². The summed E-state index contributed by atoms with van der Waals surface area (Å²) in [6, 6.07) is 28.3. The highest BCUT2D eigenvalue weighted by Gasteiger charge is 2.46. The van der Waals surface area contributed by atoms with Crippen molar-refractivity contribution in [2.45, 2.75) is 13.8 Å². The number of benzene rings is 3. The van der Waals surface area contributed by atoms with Crippen LogP contribution in [0.3, 0.4) is 0 Å². The van der Waals surface area contributed by atoms with Gasteiger partial charge < -0.3 is 31.2 Å². The molecule has 6 nitrogen and oxygen atoms in total. The highest BCUT2D eigenvalue weighted by atomic mass is 79.9. The van der Waals surface area contributed by atoms with Gasteiger partial charge in [-0.3, -0.25) is 0 Å². The molecule has 0 saturated carbocycles. The number of ether oxygens (including phenoxy) is 3. The topological polar surface area (TPSA) is 55.4 Å². The average molecular weight is 549 g/mol. The number of allylic oxidation sites excluding steroid dienone is 2. The molecular weight excluding hydrogens is 519 g/mol. The molecule has 0 aliphatic heterocycles. The molecule has 0 amide bonds. The summed E-state index contributed by atoms with van der Waals surface area (Å²) in [5.41, 5.74) is 1.12. The van der Waals surface area contributed by atoms with Crippen molar-refractivity contribution >= 4 is 7.94 Å². The van der Waals surface area contributed by atoms with Crippen molar-refractivity contribution in [1.82, 2.24) is 0 Å². The molecule has 8 heteroatoms. The van der Waals surface area contributed by atoms with Crippen LogP contribution in [0.2, 0.25) is 0 Å². The van der Waals surface area contributed by atoms with E-state index in [9.17, 15) is 0 Å². The van der Waals surface area contributed by atoms with E-state index in [1.807, 2.05) is 111 Å². The molecule has 0 bridgehead atoms. The van der Waals surface area contributed by atoms with E-state index in [0.29, 0.717) is 23.4 Å². The van der Waals surface area contributed by atoms with Gasteiger partial charge in [-0.1, -0.05) is 60.2 Å². The zero-order valence-corrected chi connectivity index (χ0v) is 21.8. The molecule has 3 aromatic carbocycles. The monoisotopic (exact) mass is 548 g/mol. The van der Waals surface area contributed by atoms with Gasteiger partial charge in [0, 0.05) is 0 Å². The number of rotatable bonds is 14. The Morgan fingerprint density at radius 3 is 1.21 bits per heavy atom. The number of para-hydroxylation sites is 3. The number of halogens is 1. The van der Waals surface area contributed by atoms with Gasteiger partial charge in [0.05, 0.1) is 0 Å². The van der Waals surface area contributed by atoms with Crippen LogP contribution < -0.4 is 31.2 Å². The zero-order valence-electron chi connectivity index (χ0n) is 19.3. The zero-order chi connectivity index (χ0) is 23.2. The number of hydrogen-bond acceptors (Lipinski definition) is 6. The van der Waals surface area contributed by atoms with E-state index in [1.54, 1.807) is 0 Å². The third-order valence-electron chi connectivity index (χ3n) is 4.38. The van der Waals surface area contributed by atoms with Crippen molar-refractivity contribution in [3.63, 3.8) is 0 Å². The minimum atomic E-state index is -2.91. The van der Waals surface area contributed by atoms with Gasteiger partial charge in [-0.15, -0.1) is 13.6 Å². The lowest BCUT2D eigenvalue weighted by Gasteiger charge is -2.21. The highest BCUT2D eigenvalue weighted by molar-refractivity contribution is 7.61. The maximum atomic E-state index is 6.10. The van der Waals surface area contributed by atoms with Crippen LogP contribution in [0, 0.1) is 0 Å². The molecule has 0 aliphatic rings. The third-order valence-corrected chi connectivity index (χ3v) is 6.50. The van der Waals surface area contributed by atoms with E-state index in [4.69, 9.17) is 27.8 Å². The van der Waals surface area contributed by atoms with Crippen LogP contribution in [0.4, 0.5) is 0 Å². The van der Waals surface area contributed by atoms with Gasteiger partial charge in [-0.2, -0.15) is 0 Å². The van der Waals surface area contributed by atoms with Crippen LogP contribution in [0.25, 0.3) is 0 Å². The Bertz CT molecular complexity index is 842. The van der Waals surface area contributed by atoms with E-state index in [0.717, 1.165) is 5.57 Å². The number of hydrogen-bond donors (Lipinski definition) is 0. The van der Waals surface area contributed by atoms with Gasteiger partial charge in [0.1, 0.15) is 17.2 Å². The molecule has 0 radical (unpaired) electrons. The average Bonchev–Trinajstić information content (AvgIpc) is 2.85. The van der Waals surface area contributed by atoms with E-state index in [1.165, 1.54) is 0 Å². The Balaban J connectivity index is 0.00000408. The van der Waals surface area contributed by atoms with Crippen LogP contribution >= 0.6 is 7.94 Å². The van der Waals surface area contributed by atoms with Crippen molar-refractivity contribution in [2.24, 2.45) is 0 Å². The summed E-state index contributed by atoms with van der Waals surface area (Å²) >= 11 is 0. The summed E-state index contributed by atoms with van der Waals surface area (Å²) in [5, 5.41) is 0. The molecule has 0 spiro atoms. The first-order valence-corrected chi connectivity index (χ1v) is 12.4. The third kappa shape index (κ3) is 10.2. The minimum Gasteiger partial charge on any atom is -1.00 e. The van der Waals surface area contributed by atoms with Crippen LogP contribution in [0.1, 0.15) is 13.8 Å². The second-order valence-corrected chi connectivity index (χ2v) is 9.55. The van der Waals surface area contributed by atoms with Crippen molar-refractivity contribution in [1.29, 1.82) is 0 Å². The smallest absolute Gasteiger partial charge is 0.425 e. The molecule has 0 saturated heterocycles. The van der Waals surface area contributed by atoms with E-state index >= 15 is 0 Å². The molecule has 182 valence electrons. The minimum absolute atomic E-state index is 0. The molecule has 0 unspecified atom stereocenters. The maximum Gasteiger partial charge on any atom is 0.425 e. The van der Waals surface area contributed by atoms with E-state index in [2.05, 4.69) is 0 Å². The van der Waals surface area contributed by atoms with Crippen LogP contribution in [0.15, 0.2) is 103 Å². The van der Waals surface area contributed by atoms with Crippen molar-refractivity contribution in [2.75, 3.05) is 26.5 Å². The van der Waals surface area contributed by atoms with Crippen LogP contribution in [-0.4, -0.2) is 26.5 Å². The van der Waals surface area contributed by atoms with Gasteiger partial charge >= 0.3 is 7.94 Å². The van der Waals surface area contributed by atoms with E-state index in [-0.39, 0.29) is 37.4 Å². The SMILES string of the molecule is CC(C)=CC[P+](OCOc1ccccc1)(OCOc1ccccc1)OCOc1ccccc1.[Br-]. The quantitative estimate of drug-likeness (QED) is 0.173. The predicted octanol–water partition coefficient (Wildman–Crippen LogP) is 3.88. The van der Waals surface area contributed by atoms with Crippen LogP contribution in [0.5, 0.6) is 17.2 Å². The van der Waals surface area contributed by atoms with Crippen molar-refractivity contribution < 1.29 is 44.8 Å². The molecule has 0 aliphatic carbocycles. The van der Waals surface area contributed by atoms with Crippen molar-refractivity contribution in [3.8, 4) is 17.2 Å². The fraction of sp³-hybridized carbons (Fsp3) is 0.231. The molecule has 0 N–H and O–H groups in total. The first-order chi connectivity index (χ1) is 16.2. The standard InChI is InChI=1S/C26H30O6P.BrH/c1-23(2)18-19-33(30-20-27-24-12-6-3-7-13-24,31-21-28-25-14-8-4-9-15-25)32-22-29-26-16-10-5-11-17-26;/h3-18H,19-22H2,1-2H3;1H/q+1;/p-1. The Kier molecular flexibility index (Phi) is 12.7. The maximum absolute atomic E-state index is 6.10. The van der Waals surface area contributed by atoms with Crippen LogP contribution in [-0.2, 0) is 13.6 Å². The second-order valence-electron chi connectivity index (χ2n) is 7.19. The molecule has 0 fully saturated rings. The summed E-state index contributed by atoms with van der Waals surface area (Å²) in [4.78, 5) is 0. The Labute approximate surface area is 212 Å². The highest BCUT2D eigenvalue weighted by Crippen LogP contribution is 2.62. The Morgan fingerprint density at radius 2 is 0.912 bits per heavy atom. The summed E-state index contributed by atoms with van der Waals surface area (Å²) in [6.07, 6.45) is 2.44. The van der Waals surface area contributed by atoms with Gasteiger partial charge in [0.15, 0.2) is 6.16 Å². The Morgan fingerprint density at radius 1 is 0.588 bits per heavy atom. The van der Waals surface area contributed by atoms with Gasteiger partial charge in [-0.25, -0.2) is 0 Å². The lowest BCUT2D eigenvalue weighted by atomic mass is 10.3. The fourth-order valence-corrected chi connectivity index (χ4v) is 4.41. The first-order valence-electron chi connectivity index (χ1n) is 10.6. The molecule has 3 rings (SSSR count). The summed E-state index contributed by atoms with van der Waals surface area (Å²) < 4.78 is 35.5. The molecule has 3 aromatic rings. The molecule has 0 aromatic heterocycles. The molecule has 0 atom stereocenters.